The normalized spacial score (nSPS) is 16.1. The van der Waals surface area contributed by atoms with Crippen molar-refractivity contribution in [1.29, 1.82) is 0 Å². The second-order valence-electron chi connectivity index (χ2n) is 5.99. The molecule has 0 amide bonds. The molecule has 3 rings (SSSR count). The van der Waals surface area contributed by atoms with Crippen LogP contribution in [0, 0.1) is 5.92 Å². The van der Waals surface area contributed by atoms with E-state index in [4.69, 9.17) is 0 Å². The standard InChI is InChI=1S/C17H21N/c1-17(2,15-10-11-15)18-12-14-8-5-7-13-6-3-4-9-16(13)14/h3-9,15,18H,10-12H2,1-2H3. The second-order valence-corrected chi connectivity index (χ2v) is 5.99. The Bertz CT molecular complexity index is 547. The molecular weight excluding hydrogens is 218 g/mol. The first-order chi connectivity index (χ1) is 8.67. The summed E-state index contributed by atoms with van der Waals surface area (Å²) in [7, 11) is 0. The van der Waals surface area contributed by atoms with E-state index in [1.807, 2.05) is 0 Å². The van der Waals surface area contributed by atoms with Gasteiger partial charge in [-0.1, -0.05) is 42.5 Å². The number of fused-ring (bicyclic) bond motifs is 1. The Morgan fingerprint density at radius 2 is 1.78 bits per heavy atom. The van der Waals surface area contributed by atoms with E-state index in [2.05, 4.69) is 61.6 Å². The molecule has 1 fully saturated rings. The van der Waals surface area contributed by atoms with E-state index in [9.17, 15) is 0 Å². The molecule has 0 atom stereocenters. The minimum absolute atomic E-state index is 0.275. The van der Waals surface area contributed by atoms with Gasteiger partial charge in [0.25, 0.3) is 0 Å². The molecule has 0 saturated heterocycles. The van der Waals surface area contributed by atoms with Crippen molar-refractivity contribution < 1.29 is 0 Å². The fourth-order valence-electron chi connectivity index (χ4n) is 2.72. The number of rotatable bonds is 4. The lowest BCUT2D eigenvalue weighted by atomic mass is 9.97. The molecule has 0 unspecified atom stereocenters. The van der Waals surface area contributed by atoms with Gasteiger partial charge >= 0.3 is 0 Å². The van der Waals surface area contributed by atoms with Gasteiger partial charge in [-0.15, -0.1) is 0 Å². The maximum Gasteiger partial charge on any atom is 0.0216 e. The number of hydrogen-bond donors (Lipinski definition) is 1. The Kier molecular flexibility index (Phi) is 2.87. The van der Waals surface area contributed by atoms with Gasteiger partial charge in [-0.05, 0) is 48.9 Å². The molecule has 2 aromatic rings. The Balaban J connectivity index is 1.82. The van der Waals surface area contributed by atoms with Crippen molar-refractivity contribution in [2.75, 3.05) is 0 Å². The molecule has 0 spiro atoms. The van der Waals surface area contributed by atoms with Gasteiger partial charge in [0.2, 0.25) is 0 Å². The Hall–Kier alpha value is -1.34. The lowest BCUT2D eigenvalue weighted by Crippen LogP contribution is -2.40. The van der Waals surface area contributed by atoms with E-state index >= 15 is 0 Å². The van der Waals surface area contributed by atoms with Crippen LogP contribution in [0.2, 0.25) is 0 Å². The Labute approximate surface area is 109 Å². The van der Waals surface area contributed by atoms with Crippen LogP contribution in [0.25, 0.3) is 10.8 Å². The zero-order chi connectivity index (χ0) is 12.6. The van der Waals surface area contributed by atoms with E-state index < -0.39 is 0 Å². The van der Waals surface area contributed by atoms with Gasteiger partial charge in [0.15, 0.2) is 0 Å². The second kappa shape index (κ2) is 4.40. The summed E-state index contributed by atoms with van der Waals surface area (Å²) in [5, 5.41) is 6.44. The fourth-order valence-corrected chi connectivity index (χ4v) is 2.72. The third-order valence-electron chi connectivity index (χ3n) is 4.21. The molecule has 94 valence electrons. The molecule has 0 bridgehead atoms. The molecule has 1 heteroatoms. The largest absolute Gasteiger partial charge is 0.307 e. The number of nitrogens with one attached hydrogen (secondary N) is 1. The van der Waals surface area contributed by atoms with Gasteiger partial charge in [0, 0.05) is 12.1 Å². The summed E-state index contributed by atoms with van der Waals surface area (Å²) < 4.78 is 0. The maximum atomic E-state index is 3.73. The van der Waals surface area contributed by atoms with Gasteiger partial charge in [-0.2, -0.15) is 0 Å². The lowest BCUT2D eigenvalue weighted by Gasteiger charge is -2.26. The van der Waals surface area contributed by atoms with Crippen molar-refractivity contribution in [3.63, 3.8) is 0 Å². The molecule has 0 aliphatic heterocycles. The van der Waals surface area contributed by atoms with Crippen LogP contribution in [-0.2, 0) is 6.54 Å². The van der Waals surface area contributed by atoms with Crippen LogP contribution in [0.1, 0.15) is 32.3 Å². The Morgan fingerprint density at radius 3 is 2.56 bits per heavy atom. The van der Waals surface area contributed by atoms with Crippen LogP contribution in [0.15, 0.2) is 42.5 Å². The molecule has 0 aromatic heterocycles. The summed E-state index contributed by atoms with van der Waals surface area (Å²) in [4.78, 5) is 0. The van der Waals surface area contributed by atoms with Crippen molar-refractivity contribution in [2.24, 2.45) is 5.92 Å². The molecular formula is C17H21N. The average molecular weight is 239 g/mol. The SMILES string of the molecule is CC(C)(NCc1cccc2ccccc12)C1CC1. The third kappa shape index (κ3) is 2.28. The highest BCUT2D eigenvalue weighted by atomic mass is 15.0. The minimum atomic E-state index is 0.275. The zero-order valence-corrected chi connectivity index (χ0v) is 11.2. The summed E-state index contributed by atoms with van der Waals surface area (Å²) >= 11 is 0. The van der Waals surface area contributed by atoms with Gasteiger partial charge in [0.05, 0.1) is 0 Å². The Morgan fingerprint density at radius 1 is 1.06 bits per heavy atom. The van der Waals surface area contributed by atoms with E-state index in [-0.39, 0.29) is 5.54 Å². The molecule has 1 nitrogen and oxygen atoms in total. The first-order valence-corrected chi connectivity index (χ1v) is 6.88. The molecule has 1 N–H and O–H groups in total. The third-order valence-corrected chi connectivity index (χ3v) is 4.21. The van der Waals surface area contributed by atoms with Crippen molar-refractivity contribution in [3.8, 4) is 0 Å². The number of benzene rings is 2. The van der Waals surface area contributed by atoms with E-state index in [0.717, 1.165) is 12.5 Å². The molecule has 1 aliphatic carbocycles. The van der Waals surface area contributed by atoms with Gasteiger partial charge < -0.3 is 5.32 Å². The van der Waals surface area contributed by atoms with Crippen molar-refractivity contribution in [2.45, 2.75) is 38.8 Å². The highest BCUT2D eigenvalue weighted by molar-refractivity contribution is 5.85. The highest BCUT2D eigenvalue weighted by Gasteiger charge is 2.37. The monoisotopic (exact) mass is 239 g/mol. The first kappa shape index (κ1) is 11.7. The molecule has 0 heterocycles. The summed E-state index contributed by atoms with van der Waals surface area (Å²) in [6, 6.07) is 15.2. The predicted molar refractivity (Wildman–Crippen MR) is 77.6 cm³/mol. The smallest absolute Gasteiger partial charge is 0.0216 e. The highest BCUT2D eigenvalue weighted by Crippen LogP contribution is 2.39. The van der Waals surface area contributed by atoms with Crippen LogP contribution < -0.4 is 5.32 Å². The molecule has 2 aromatic carbocycles. The van der Waals surface area contributed by atoms with Crippen LogP contribution in [0.4, 0.5) is 0 Å². The van der Waals surface area contributed by atoms with Crippen molar-refractivity contribution in [1.82, 2.24) is 5.32 Å². The summed E-state index contributed by atoms with van der Waals surface area (Å²) in [5.74, 6) is 0.868. The summed E-state index contributed by atoms with van der Waals surface area (Å²) in [5.41, 5.74) is 1.68. The average Bonchev–Trinajstić information content (AvgIpc) is 3.21. The molecule has 1 aliphatic rings. The minimum Gasteiger partial charge on any atom is -0.307 e. The molecule has 0 radical (unpaired) electrons. The molecule has 1 saturated carbocycles. The van der Waals surface area contributed by atoms with Gasteiger partial charge in [0.1, 0.15) is 0 Å². The van der Waals surface area contributed by atoms with E-state index in [0.29, 0.717) is 0 Å². The van der Waals surface area contributed by atoms with Crippen LogP contribution in [-0.4, -0.2) is 5.54 Å². The van der Waals surface area contributed by atoms with Crippen molar-refractivity contribution >= 4 is 10.8 Å². The summed E-state index contributed by atoms with van der Waals surface area (Å²) in [6.07, 6.45) is 2.77. The number of hydrogen-bond acceptors (Lipinski definition) is 1. The molecule has 18 heavy (non-hydrogen) atoms. The first-order valence-electron chi connectivity index (χ1n) is 6.88. The van der Waals surface area contributed by atoms with Crippen molar-refractivity contribution in [3.05, 3.63) is 48.0 Å². The van der Waals surface area contributed by atoms with E-state index in [1.54, 1.807) is 0 Å². The van der Waals surface area contributed by atoms with Crippen LogP contribution >= 0.6 is 0 Å². The maximum absolute atomic E-state index is 3.73. The van der Waals surface area contributed by atoms with E-state index in [1.165, 1.54) is 29.2 Å². The van der Waals surface area contributed by atoms with Crippen LogP contribution in [0.3, 0.4) is 0 Å². The lowest BCUT2D eigenvalue weighted by molar-refractivity contribution is 0.340. The topological polar surface area (TPSA) is 12.0 Å². The zero-order valence-electron chi connectivity index (χ0n) is 11.2. The fraction of sp³-hybridized carbons (Fsp3) is 0.412. The van der Waals surface area contributed by atoms with Gasteiger partial charge in [-0.25, -0.2) is 0 Å². The van der Waals surface area contributed by atoms with Crippen LogP contribution in [0.5, 0.6) is 0 Å². The van der Waals surface area contributed by atoms with Gasteiger partial charge in [-0.3, -0.25) is 0 Å². The predicted octanol–water partition coefficient (Wildman–Crippen LogP) is 4.12. The summed E-state index contributed by atoms with van der Waals surface area (Å²) in [6.45, 7) is 5.62. The quantitative estimate of drug-likeness (QED) is 0.846.